The molecule has 7 heteroatoms. The number of rotatable bonds is 4. The fourth-order valence-corrected chi connectivity index (χ4v) is 4.38. The molecule has 0 saturated heterocycles. The molecule has 0 aliphatic heterocycles. The van der Waals surface area contributed by atoms with Crippen molar-refractivity contribution in [3.63, 3.8) is 0 Å². The van der Waals surface area contributed by atoms with Crippen molar-refractivity contribution in [2.24, 2.45) is 5.92 Å². The van der Waals surface area contributed by atoms with Gasteiger partial charge in [-0.15, -0.1) is 0 Å². The third-order valence-electron chi connectivity index (χ3n) is 6.32. The molecule has 1 N–H and O–H groups in total. The normalized spacial score (nSPS) is 28.7. The van der Waals surface area contributed by atoms with Gasteiger partial charge in [-0.25, -0.2) is 13.5 Å². The highest BCUT2D eigenvalue weighted by molar-refractivity contribution is 5.79. The molecule has 0 spiro atoms. The minimum atomic E-state index is -2.61. The molecule has 27 heavy (non-hydrogen) atoms. The van der Waals surface area contributed by atoms with E-state index in [9.17, 15) is 18.4 Å². The molecule has 3 aliphatic rings. The number of aromatic nitrogens is 2. The van der Waals surface area contributed by atoms with Crippen LogP contribution >= 0.6 is 0 Å². The summed E-state index contributed by atoms with van der Waals surface area (Å²) in [6, 6.07) is 3.61. The Morgan fingerprint density at radius 1 is 1.04 bits per heavy atom. The van der Waals surface area contributed by atoms with Gasteiger partial charge in [-0.3, -0.25) is 9.59 Å². The number of nitrogens with zero attached hydrogens (tertiary/aromatic N) is 2. The lowest BCUT2D eigenvalue weighted by atomic mass is 9.85. The van der Waals surface area contributed by atoms with Crippen LogP contribution in [0.1, 0.15) is 81.9 Å². The van der Waals surface area contributed by atoms with E-state index in [2.05, 4.69) is 10.4 Å². The quantitative estimate of drug-likeness (QED) is 0.870. The van der Waals surface area contributed by atoms with Crippen molar-refractivity contribution in [2.45, 2.75) is 88.1 Å². The Bertz CT molecular complexity index is 742. The second-order valence-electron chi connectivity index (χ2n) is 8.46. The first kappa shape index (κ1) is 18.6. The average Bonchev–Trinajstić information content (AvgIpc) is 3.48. The number of alkyl halides is 2. The highest BCUT2D eigenvalue weighted by atomic mass is 19.3. The molecular formula is C20H27F2N3O2. The SMILES string of the molecule is O=C(NC1CCC(n2nc(C3CC3)ccc2=O)CC1)C1CCC(F)(F)CC1. The van der Waals surface area contributed by atoms with Crippen LogP contribution < -0.4 is 10.9 Å². The van der Waals surface area contributed by atoms with E-state index in [-0.39, 0.29) is 55.2 Å². The highest BCUT2D eigenvalue weighted by Gasteiger charge is 2.38. The molecule has 4 rings (SSSR count). The van der Waals surface area contributed by atoms with Crippen molar-refractivity contribution in [3.8, 4) is 0 Å². The summed E-state index contributed by atoms with van der Waals surface area (Å²) in [7, 11) is 0. The average molecular weight is 379 g/mol. The van der Waals surface area contributed by atoms with E-state index < -0.39 is 5.92 Å². The third kappa shape index (κ3) is 4.38. The predicted octanol–water partition coefficient (Wildman–Crippen LogP) is 3.55. The molecular weight excluding hydrogens is 352 g/mol. The van der Waals surface area contributed by atoms with Gasteiger partial charge in [0.2, 0.25) is 11.8 Å². The van der Waals surface area contributed by atoms with Crippen molar-refractivity contribution >= 4 is 5.91 Å². The number of halogens is 2. The predicted molar refractivity (Wildman–Crippen MR) is 96.8 cm³/mol. The Kier molecular flexibility index (Phi) is 5.03. The summed E-state index contributed by atoms with van der Waals surface area (Å²) in [5, 5.41) is 7.63. The van der Waals surface area contributed by atoms with Crippen molar-refractivity contribution < 1.29 is 13.6 Å². The fourth-order valence-electron chi connectivity index (χ4n) is 4.38. The lowest BCUT2D eigenvalue weighted by Gasteiger charge is -2.32. The van der Waals surface area contributed by atoms with Crippen LogP contribution in [-0.2, 0) is 4.79 Å². The van der Waals surface area contributed by atoms with E-state index in [1.807, 2.05) is 6.07 Å². The Hall–Kier alpha value is -1.79. The zero-order chi connectivity index (χ0) is 19.0. The number of carbonyl (C=O) groups excluding carboxylic acids is 1. The molecule has 3 aliphatic carbocycles. The number of hydrogen-bond acceptors (Lipinski definition) is 3. The van der Waals surface area contributed by atoms with Gasteiger partial charge in [0.25, 0.3) is 5.56 Å². The number of amides is 1. The summed E-state index contributed by atoms with van der Waals surface area (Å²) < 4.78 is 28.1. The molecule has 0 unspecified atom stereocenters. The maximum Gasteiger partial charge on any atom is 0.267 e. The van der Waals surface area contributed by atoms with Crippen LogP contribution in [0.2, 0.25) is 0 Å². The summed E-state index contributed by atoms with van der Waals surface area (Å²) in [6.07, 6.45) is 5.64. The minimum Gasteiger partial charge on any atom is -0.353 e. The standard InChI is InChI=1S/C20H27F2N3O2/c21-20(22)11-9-14(10-12-20)19(27)23-15-3-5-16(6-4-15)25-18(26)8-7-17(24-25)13-1-2-13/h7-8,13-16H,1-6,9-12H2,(H,23,27). The van der Waals surface area contributed by atoms with E-state index in [1.54, 1.807) is 10.7 Å². The number of nitrogens with one attached hydrogen (secondary N) is 1. The smallest absolute Gasteiger partial charge is 0.267 e. The zero-order valence-electron chi connectivity index (χ0n) is 15.5. The third-order valence-corrected chi connectivity index (χ3v) is 6.32. The van der Waals surface area contributed by atoms with Gasteiger partial charge in [0.05, 0.1) is 11.7 Å². The lowest BCUT2D eigenvalue weighted by Crippen LogP contribution is -2.43. The monoisotopic (exact) mass is 379 g/mol. The molecule has 0 aromatic carbocycles. The van der Waals surface area contributed by atoms with Gasteiger partial charge < -0.3 is 5.32 Å². The van der Waals surface area contributed by atoms with Gasteiger partial charge in [-0.05, 0) is 57.4 Å². The second-order valence-corrected chi connectivity index (χ2v) is 8.46. The van der Waals surface area contributed by atoms with Gasteiger partial charge in [0, 0.05) is 36.8 Å². The molecule has 0 radical (unpaired) electrons. The molecule has 0 bridgehead atoms. The van der Waals surface area contributed by atoms with Crippen molar-refractivity contribution in [2.75, 3.05) is 0 Å². The van der Waals surface area contributed by atoms with Crippen LogP contribution in [0.5, 0.6) is 0 Å². The van der Waals surface area contributed by atoms with E-state index >= 15 is 0 Å². The molecule has 3 fully saturated rings. The summed E-state index contributed by atoms with van der Waals surface area (Å²) >= 11 is 0. The van der Waals surface area contributed by atoms with Crippen molar-refractivity contribution in [1.82, 2.24) is 15.1 Å². The molecule has 148 valence electrons. The summed E-state index contributed by atoms with van der Waals surface area (Å²) in [5.74, 6) is -2.47. The Labute approximate surface area is 157 Å². The Morgan fingerprint density at radius 2 is 1.70 bits per heavy atom. The first-order chi connectivity index (χ1) is 12.9. The summed E-state index contributed by atoms with van der Waals surface area (Å²) in [6.45, 7) is 0. The van der Waals surface area contributed by atoms with Crippen LogP contribution in [0.4, 0.5) is 8.78 Å². The van der Waals surface area contributed by atoms with Crippen LogP contribution in [0.3, 0.4) is 0 Å². The second kappa shape index (κ2) is 7.32. The van der Waals surface area contributed by atoms with Crippen molar-refractivity contribution in [3.05, 3.63) is 28.2 Å². The molecule has 1 heterocycles. The van der Waals surface area contributed by atoms with E-state index in [1.165, 1.54) is 0 Å². The van der Waals surface area contributed by atoms with Gasteiger partial charge >= 0.3 is 0 Å². The van der Waals surface area contributed by atoms with Crippen molar-refractivity contribution in [1.29, 1.82) is 0 Å². The lowest BCUT2D eigenvalue weighted by molar-refractivity contribution is -0.130. The van der Waals surface area contributed by atoms with Crippen LogP contribution in [0, 0.1) is 5.92 Å². The number of carbonyl (C=O) groups is 1. The molecule has 0 atom stereocenters. The van der Waals surface area contributed by atoms with Gasteiger partial charge in [0.1, 0.15) is 0 Å². The molecule has 3 saturated carbocycles. The van der Waals surface area contributed by atoms with Gasteiger partial charge in [0.15, 0.2) is 0 Å². The van der Waals surface area contributed by atoms with E-state index in [0.717, 1.165) is 44.2 Å². The van der Waals surface area contributed by atoms with Gasteiger partial charge in [-0.2, -0.15) is 5.10 Å². The van der Waals surface area contributed by atoms with E-state index in [4.69, 9.17) is 0 Å². The minimum absolute atomic E-state index is 0.0602. The van der Waals surface area contributed by atoms with Crippen LogP contribution in [0.15, 0.2) is 16.9 Å². The summed E-state index contributed by atoms with van der Waals surface area (Å²) in [4.78, 5) is 24.6. The first-order valence-corrected chi connectivity index (χ1v) is 10.2. The molecule has 1 aromatic heterocycles. The zero-order valence-corrected chi connectivity index (χ0v) is 15.5. The topological polar surface area (TPSA) is 64.0 Å². The molecule has 5 nitrogen and oxygen atoms in total. The maximum absolute atomic E-state index is 13.3. The largest absolute Gasteiger partial charge is 0.353 e. The Morgan fingerprint density at radius 3 is 2.33 bits per heavy atom. The molecule has 1 aromatic rings. The fraction of sp³-hybridized carbons (Fsp3) is 0.750. The highest BCUT2D eigenvalue weighted by Crippen LogP contribution is 2.39. The van der Waals surface area contributed by atoms with E-state index in [0.29, 0.717) is 5.92 Å². The van der Waals surface area contributed by atoms with Crippen LogP contribution in [0.25, 0.3) is 0 Å². The summed E-state index contributed by atoms with van der Waals surface area (Å²) in [5.41, 5.74) is 0.953. The van der Waals surface area contributed by atoms with Gasteiger partial charge in [-0.1, -0.05) is 0 Å². The molecule has 1 amide bonds. The Balaban J connectivity index is 1.30. The maximum atomic E-state index is 13.3. The van der Waals surface area contributed by atoms with Crippen LogP contribution in [-0.4, -0.2) is 27.7 Å². The first-order valence-electron chi connectivity index (χ1n) is 10.2. The number of hydrogen-bond donors (Lipinski definition) is 1.